The molecule has 11 heavy (non-hydrogen) atoms. The number of hydrogen-bond donors (Lipinski definition) is 0. The topological polar surface area (TPSA) is 41.8 Å². The third-order valence-electron chi connectivity index (χ3n) is 1.26. The lowest BCUT2D eigenvalue weighted by molar-refractivity contribution is 0.672. The van der Waals surface area contributed by atoms with Gasteiger partial charge in [0.05, 0.1) is 10.8 Å². The van der Waals surface area contributed by atoms with E-state index in [9.17, 15) is 4.21 Å². The Kier molecular flexibility index (Phi) is 2.93. The van der Waals surface area contributed by atoms with Crippen molar-refractivity contribution in [3.8, 4) is 0 Å². The van der Waals surface area contributed by atoms with Gasteiger partial charge >= 0.3 is 0 Å². The summed E-state index contributed by atoms with van der Waals surface area (Å²) in [5.41, 5.74) is 0. The molecule has 0 N–H and O–H groups in total. The van der Waals surface area contributed by atoms with Crippen LogP contribution in [0.25, 0.3) is 0 Å². The molecule has 62 valence electrons. The molecule has 1 heterocycles. The smallest absolute Gasteiger partial charge is 0.132 e. The third kappa shape index (κ3) is 2.54. The van der Waals surface area contributed by atoms with E-state index in [-0.39, 0.29) is 0 Å². The van der Waals surface area contributed by atoms with Crippen molar-refractivity contribution in [1.82, 2.24) is 0 Å². The monoisotopic (exact) mass is 172 g/mol. The Morgan fingerprint density at radius 3 is 2.91 bits per heavy atom. The highest BCUT2D eigenvalue weighted by molar-refractivity contribution is 8.00. The van der Waals surface area contributed by atoms with Crippen LogP contribution in [0, 0.1) is 5.92 Å². The molecule has 1 rings (SSSR count). The zero-order valence-corrected chi connectivity index (χ0v) is 7.60. The molecule has 1 unspecified atom stereocenters. The van der Waals surface area contributed by atoms with Gasteiger partial charge in [-0.25, -0.2) is 0 Å². The minimum absolute atomic E-state index is 0.458. The quantitative estimate of drug-likeness (QED) is 0.616. The highest BCUT2D eigenvalue weighted by atomic mass is 32.2. The molecule has 0 radical (unpaired) electrons. The predicted molar refractivity (Wildman–Crippen MR) is 48.4 cm³/mol. The molecule has 0 aromatic heterocycles. The van der Waals surface area contributed by atoms with Crippen LogP contribution in [-0.2, 0) is 10.8 Å². The van der Waals surface area contributed by atoms with E-state index in [4.69, 9.17) is 0 Å². The van der Waals surface area contributed by atoms with E-state index in [0.29, 0.717) is 18.1 Å². The maximum absolute atomic E-state index is 11.4. The summed E-state index contributed by atoms with van der Waals surface area (Å²) in [7, 11) is -0.900. The highest BCUT2D eigenvalue weighted by Crippen LogP contribution is 2.04. The van der Waals surface area contributed by atoms with Crippen LogP contribution >= 0.6 is 0 Å². The maximum atomic E-state index is 11.4. The van der Waals surface area contributed by atoms with Crippen LogP contribution in [0.3, 0.4) is 0 Å². The van der Waals surface area contributed by atoms with E-state index < -0.39 is 10.8 Å². The molecule has 0 spiro atoms. The van der Waals surface area contributed by atoms with Gasteiger partial charge in [-0.2, -0.15) is 5.10 Å². The third-order valence-corrected chi connectivity index (χ3v) is 3.01. The fraction of sp³-hybridized carbons (Fsp3) is 0.714. The van der Waals surface area contributed by atoms with E-state index in [1.807, 2.05) is 13.8 Å². The van der Waals surface area contributed by atoms with Crippen LogP contribution in [0.2, 0.25) is 0 Å². The van der Waals surface area contributed by atoms with Gasteiger partial charge in [-0.1, -0.05) is 13.8 Å². The minimum Gasteiger partial charge on any atom is -0.253 e. The van der Waals surface area contributed by atoms with E-state index >= 15 is 0 Å². The van der Waals surface area contributed by atoms with Gasteiger partial charge in [0.1, 0.15) is 5.04 Å². The van der Waals surface area contributed by atoms with Crippen LogP contribution in [0.1, 0.15) is 20.3 Å². The van der Waals surface area contributed by atoms with Gasteiger partial charge in [-0.05, 0) is 5.92 Å². The van der Waals surface area contributed by atoms with Gasteiger partial charge in [0.25, 0.3) is 0 Å². The Morgan fingerprint density at radius 1 is 1.73 bits per heavy atom. The molecule has 0 aliphatic carbocycles. The first-order chi connectivity index (χ1) is 5.20. The highest BCUT2D eigenvalue weighted by Gasteiger charge is 2.12. The fourth-order valence-electron chi connectivity index (χ4n) is 0.802. The standard InChI is InChI=1S/C7H12N2OS/c1-6(2)5-11(10)7-3-4-8-9-7/h4,6H,3,5H2,1-2H3. The minimum atomic E-state index is -0.900. The van der Waals surface area contributed by atoms with E-state index in [1.54, 1.807) is 6.21 Å². The zero-order valence-electron chi connectivity index (χ0n) is 6.78. The molecule has 1 aliphatic heterocycles. The summed E-state index contributed by atoms with van der Waals surface area (Å²) in [6.07, 6.45) is 2.35. The normalized spacial score (nSPS) is 19.0. The lowest BCUT2D eigenvalue weighted by Gasteiger charge is -2.02. The van der Waals surface area contributed by atoms with E-state index in [0.717, 1.165) is 5.04 Å². The predicted octanol–water partition coefficient (Wildman–Crippen LogP) is 1.18. The molecule has 0 saturated heterocycles. The molecule has 3 nitrogen and oxygen atoms in total. The van der Waals surface area contributed by atoms with Gasteiger partial charge in [-0.3, -0.25) is 4.21 Å². The molecule has 1 aliphatic rings. The van der Waals surface area contributed by atoms with Crippen LogP contribution in [0.4, 0.5) is 0 Å². The number of hydrogen-bond acceptors (Lipinski definition) is 3. The van der Waals surface area contributed by atoms with Crippen LogP contribution < -0.4 is 0 Å². The van der Waals surface area contributed by atoms with Gasteiger partial charge in [-0.15, -0.1) is 5.10 Å². The molecule has 0 fully saturated rings. The average Bonchev–Trinajstić information content (AvgIpc) is 2.35. The van der Waals surface area contributed by atoms with Crippen molar-refractivity contribution in [2.24, 2.45) is 16.1 Å². The van der Waals surface area contributed by atoms with Gasteiger partial charge in [0, 0.05) is 18.4 Å². The Labute approximate surface area is 69.1 Å². The molecule has 1 atom stereocenters. The van der Waals surface area contributed by atoms with Crippen molar-refractivity contribution in [3.05, 3.63) is 0 Å². The van der Waals surface area contributed by atoms with Crippen molar-refractivity contribution in [2.75, 3.05) is 5.75 Å². The molecular weight excluding hydrogens is 160 g/mol. The van der Waals surface area contributed by atoms with Crippen LogP contribution in [-0.4, -0.2) is 21.2 Å². The first kappa shape index (κ1) is 8.59. The van der Waals surface area contributed by atoms with Crippen LogP contribution in [0.5, 0.6) is 0 Å². The fourth-order valence-corrected chi connectivity index (χ4v) is 2.00. The van der Waals surface area contributed by atoms with Crippen molar-refractivity contribution in [1.29, 1.82) is 0 Å². The Morgan fingerprint density at radius 2 is 2.45 bits per heavy atom. The van der Waals surface area contributed by atoms with Crippen molar-refractivity contribution in [3.63, 3.8) is 0 Å². The summed E-state index contributed by atoms with van der Waals surface area (Å²) in [4.78, 5) is 0. The SMILES string of the molecule is CC(C)CS(=O)C1=NN=CC1. The average molecular weight is 172 g/mol. The first-order valence-electron chi connectivity index (χ1n) is 3.67. The molecular formula is C7H12N2OS. The van der Waals surface area contributed by atoms with Gasteiger partial charge < -0.3 is 0 Å². The summed E-state index contributed by atoms with van der Waals surface area (Å²) in [6, 6.07) is 0. The Bertz CT molecular complexity index is 220. The summed E-state index contributed by atoms with van der Waals surface area (Å²) < 4.78 is 11.4. The lowest BCUT2D eigenvalue weighted by atomic mass is 10.3. The molecule has 0 amide bonds. The Hall–Kier alpha value is -0.510. The second-order valence-corrected chi connectivity index (χ2v) is 4.40. The second-order valence-electron chi connectivity index (χ2n) is 2.90. The molecule has 0 bridgehead atoms. The molecule has 0 aromatic carbocycles. The van der Waals surface area contributed by atoms with Crippen molar-refractivity contribution in [2.45, 2.75) is 20.3 Å². The molecule has 0 saturated carbocycles. The summed E-state index contributed by atoms with van der Waals surface area (Å²) in [5, 5.41) is 8.16. The van der Waals surface area contributed by atoms with Gasteiger partial charge in [0.2, 0.25) is 0 Å². The second kappa shape index (κ2) is 3.76. The number of nitrogens with zero attached hydrogens (tertiary/aromatic N) is 2. The van der Waals surface area contributed by atoms with E-state index in [2.05, 4.69) is 10.2 Å². The largest absolute Gasteiger partial charge is 0.253 e. The van der Waals surface area contributed by atoms with Crippen LogP contribution in [0.15, 0.2) is 10.2 Å². The molecule has 0 aromatic rings. The lowest BCUT2D eigenvalue weighted by Crippen LogP contribution is -2.13. The summed E-state index contributed by atoms with van der Waals surface area (Å²) in [5.74, 6) is 1.15. The van der Waals surface area contributed by atoms with Crippen molar-refractivity contribution >= 4 is 22.1 Å². The van der Waals surface area contributed by atoms with Crippen molar-refractivity contribution < 1.29 is 4.21 Å². The maximum Gasteiger partial charge on any atom is 0.132 e. The number of rotatable bonds is 2. The summed E-state index contributed by atoms with van der Waals surface area (Å²) in [6.45, 7) is 4.10. The summed E-state index contributed by atoms with van der Waals surface area (Å²) >= 11 is 0. The zero-order chi connectivity index (χ0) is 8.27. The first-order valence-corrected chi connectivity index (χ1v) is 4.98. The Balaban J connectivity index is 2.43. The van der Waals surface area contributed by atoms with E-state index in [1.165, 1.54) is 0 Å². The van der Waals surface area contributed by atoms with Gasteiger partial charge in [0.15, 0.2) is 0 Å². The molecule has 4 heteroatoms.